The first-order valence-corrected chi connectivity index (χ1v) is 6.60. The van der Waals surface area contributed by atoms with E-state index < -0.39 is 0 Å². The summed E-state index contributed by atoms with van der Waals surface area (Å²) in [7, 11) is 1.98. The third-order valence-electron chi connectivity index (χ3n) is 3.30. The van der Waals surface area contributed by atoms with Crippen LogP contribution >= 0.6 is 0 Å². The third-order valence-corrected chi connectivity index (χ3v) is 3.30. The van der Waals surface area contributed by atoms with Crippen molar-refractivity contribution in [2.45, 2.75) is 46.3 Å². The molecule has 0 aliphatic rings. The summed E-state index contributed by atoms with van der Waals surface area (Å²) in [5.74, 6) is 0.0886. The summed E-state index contributed by atoms with van der Waals surface area (Å²) in [6.07, 6.45) is 4.41. The van der Waals surface area contributed by atoms with Crippen molar-refractivity contribution in [3.05, 3.63) is 18.2 Å². The molecule has 0 fully saturated rings. The van der Waals surface area contributed by atoms with E-state index in [2.05, 4.69) is 29.0 Å². The molecule has 1 amide bonds. The Bertz CT molecular complexity index is 375. The van der Waals surface area contributed by atoms with Crippen molar-refractivity contribution in [2.75, 3.05) is 13.6 Å². The highest BCUT2D eigenvalue weighted by Gasteiger charge is 2.19. The third kappa shape index (κ3) is 3.57. The van der Waals surface area contributed by atoms with Crippen molar-refractivity contribution in [3.8, 4) is 0 Å². The monoisotopic (exact) mass is 252 g/mol. The summed E-state index contributed by atoms with van der Waals surface area (Å²) in [6.45, 7) is 8.44. The number of likely N-dealkylation sites (N-methyl/N-ethyl adjacent to an activating group) is 1. The largest absolute Gasteiger partial charge is 0.349 e. The molecule has 1 unspecified atom stereocenters. The maximum atomic E-state index is 12.1. The molecule has 5 nitrogen and oxygen atoms in total. The minimum atomic E-state index is -0.0482. The second kappa shape index (κ2) is 7.16. The first kappa shape index (κ1) is 14.7. The van der Waals surface area contributed by atoms with Gasteiger partial charge < -0.3 is 9.88 Å². The zero-order valence-electron chi connectivity index (χ0n) is 11.8. The standard InChI is InChI=1S/C13H24N4O/c1-5-12(16(4)6-2)13(18)15-9-11-8-14-10-17(11)7-3/h8,10,12H,5-7,9H2,1-4H3,(H,15,18). The van der Waals surface area contributed by atoms with E-state index in [4.69, 9.17) is 0 Å². The molecule has 1 aromatic rings. The Morgan fingerprint density at radius 2 is 2.22 bits per heavy atom. The molecule has 0 aliphatic heterocycles. The quantitative estimate of drug-likeness (QED) is 0.794. The molecule has 0 saturated carbocycles. The second-order valence-corrected chi connectivity index (χ2v) is 4.39. The Hall–Kier alpha value is -1.36. The molecule has 0 aliphatic carbocycles. The van der Waals surface area contributed by atoms with Crippen molar-refractivity contribution in [3.63, 3.8) is 0 Å². The van der Waals surface area contributed by atoms with Crippen molar-refractivity contribution in [2.24, 2.45) is 0 Å². The molecule has 0 radical (unpaired) electrons. The maximum Gasteiger partial charge on any atom is 0.237 e. The highest BCUT2D eigenvalue weighted by atomic mass is 16.2. The fourth-order valence-corrected chi connectivity index (χ4v) is 1.99. The highest BCUT2D eigenvalue weighted by Crippen LogP contribution is 2.03. The van der Waals surface area contributed by atoms with Gasteiger partial charge in [-0.25, -0.2) is 4.98 Å². The Morgan fingerprint density at radius 1 is 1.50 bits per heavy atom. The smallest absolute Gasteiger partial charge is 0.237 e. The van der Waals surface area contributed by atoms with E-state index in [1.54, 1.807) is 12.5 Å². The first-order chi connectivity index (χ1) is 8.63. The van der Waals surface area contributed by atoms with Crippen molar-refractivity contribution >= 4 is 5.91 Å². The van der Waals surface area contributed by atoms with E-state index >= 15 is 0 Å². The lowest BCUT2D eigenvalue weighted by Gasteiger charge is -2.24. The highest BCUT2D eigenvalue weighted by molar-refractivity contribution is 5.81. The number of aromatic nitrogens is 2. The lowest BCUT2D eigenvalue weighted by molar-refractivity contribution is -0.126. The topological polar surface area (TPSA) is 50.2 Å². The van der Waals surface area contributed by atoms with Crippen LogP contribution < -0.4 is 5.32 Å². The van der Waals surface area contributed by atoms with Crippen LogP contribution in [0.25, 0.3) is 0 Å². The molecule has 5 heteroatoms. The van der Waals surface area contributed by atoms with E-state index in [0.29, 0.717) is 6.54 Å². The maximum absolute atomic E-state index is 12.1. The predicted octanol–water partition coefficient (Wildman–Crippen LogP) is 1.25. The van der Waals surface area contributed by atoms with Crippen LogP contribution in [0.2, 0.25) is 0 Å². The van der Waals surface area contributed by atoms with E-state index in [-0.39, 0.29) is 11.9 Å². The lowest BCUT2D eigenvalue weighted by atomic mass is 10.2. The molecule has 0 spiro atoms. The van der Waals surface area contributed by atoms with Crippen LogP contribution in [0.3, 0.4) is 0 Å². The molecule has 0 bridgehead atoms. The first-order valence-electron chi connectivity index (χ1n) is 6.60. The average molecular weight is 252 g/mol. The van der Waals surface area contributed by atoms with Crippen LogP contribution in [0.5, 0.6) is 0 Å². The second-order valence-electron chi connectivity index (χ2n) is 4.39. The van der Waals surface area contributed by atoms with Gasteiger partial charge in [0.05, 0.1) is 24.6 Å². The molecule has 0 aromatic carbocycles. The number of hydrogen-bond donors (Lipinski definition) is 1. The molecule has 0 saturated heterocycles. The zero-order chi connectivity index (χ0) is 13.5. The van der Waals surface area contributed by atoms with Gasteiger partial charge >= 0.3 is 0 Å². The zero-order valence-corrected chi connectivity index (χ0v) is 11.8. The summed E-state index contributed by atoms with van der Waals surface area (Å²) < 4.78 is 2.03. The van der Waals surface area contributed by atoms with Gasteiger partial charge in [-0.3, -0.25) is 9.69 Å². The number of carbonyl (C=O) groups excluding carboxylic acids is 1. The Morgan fingerprint density at radius 3 is 2.78 bits per heavy atom. The molecule has 18 heavy (non-hydrogen) atoms. The van der Waals surface area contributed by atoms with Crippen molar-refractivity contribution in [1.82, 2.24) is 19.8 Å². The van der Waals surface area contributed by atoms with Crippen LogP contribution in [-0.4, -0.2) is 40.0 Å². The van der Waals surface area contributed by atoms with Gasteiger partial charge in [0.1, 0.15) is 0 Å². The molecular weight excluding hydrogens is 228 g/mol. The number of carbonyl (C=O) groups is 1. The number of amides is 1. The molecule has 1 heterocycles. The number of nitrogens with zero attached hydrogens (tertiary/aromatic N) is 3. The molecule has 102 valence electrons. The minimum absolute atomic E-state index is 0.0482. The van der Waals surface area contributed by atoms with Crippen LogP contribution in [-0.2, 0) is 17.9 Å². The van der Waals surface area contributed by atoms with E-state index in [1.165, 1.54) is 0 Å². The van der Waals surface area contributed by atoms with Gasteiger partial charge in [-0.05, 0) is 26.9 Å². The molecule has 1 rings (SSSR count). The number of imidazole rings is 1. The van der Waals surface area contributed by atoms with E-state index in [9.17, 15) is 4.79 Å². The van der Waals surface area contributed by atoms with Gasteiger partial charge in [0.15, 0.2) is 0 Å². The fourth-order valence-electron chi connectivity index (χ4n) is 1.99. The normalized spacial score (nSPS) is 12.7. The van der Waals surface area contributed by atoms with Crippen LogP contribution in [0.15, 0.2) is 12.5 Å². The predicted molar refractivity (Wildman–Crippen MR) is 72.1 cm³/mol. The summed E-state index contributed by atoms with van der Waals surface area (Å²) in [5.41, 5.74) is 1.04. The van der Waals surface area contributed by atoms with E-state index in [1.807, 2.05) is 18.5 Å². The minimum Gasteiger partial charge on any atom is -0.349 e. The summed E-state index contributed by atoms with van der Waals surface area (Å²) in [6, 6.07) is -0.0482. The molecule has 1 N–H and O–H groups in total. The van der Waals surface area contributed by atoms with Gasteiger partial charge in [0, 0.05) is 12.7 Å². The fraction of sp³-hybridized carbons (Fsp3) is 0.692. The number of aryl methyl sites for hydroxylation is 1. The number of nitrogens with one attached hydrogen (secondary N) is 1. The van der Waals surface area contributed by atoms with E-state index in [0.717, 1.165) is 25.2 Å². The molecule has 1 atom stereocenters. The molecule has 1 aromatic heterocycles. The van der Waals surface area contributed by atoms with Gasteiger partial charge in [-0.15, -0.1) is 0 Å². The number of hydrogen-bond acceptors (Lipinski definition) is 3. The molecular formula is C13H24N4O. The van der Waals surface area contributed by atoms with Crippen LogP contribution in [0, 0.1) is 0 Å². The summed E-state index contributed by atoms with van der Waals surface area (Å²) in [5, 5.41) is 2.98. The van der Waals surface area contributed by atoms with Crippen LogP contribution in [0.1, 0.15) is 32.9 Å². The summed E-state index contributed by atoms with van der Waals surface area (Å²) in [4.78, 5) is 18.2. The van der Waals surface area contributed by atoms with Gasteiger partial charge in [0.25, 0.3) is 0 Å². The van der Waals surface area contributed by atoms with Gasteiger partial charge in [-0.2, -0.15) is 0 Å². The summed E-state index contributed by atoms with van der Waals surface area (Å²) >= 11 is 0. The van der Waals surface area contributed by atoms with Gasteiger partial charge in [-0.1, -0.05) is 13.8 Å². The number of rotatable bonds is 7. The Balaban J connectivity index is 2.54. The van der Waals surface area contributed by atoms with Crippen molar-refractivity contribution < 1.29 is 4.79 Å². The average Bonchev–Trinajstić information content (AvgIpc) is 2.84. The SMILES string of the molecule is CCC(C(=O)NCc1cncn1CC)N(C)CC. The van der Waals surface area contributed by atoms with Gasteiger partial charge in [0.2, 0.25) is 5.91 Å². The van der Waals surface area contributed by atoms with Crippen molar-refractivity contribution in [1.29, 1.82) is 0 Å². The Kier molecular flexibility index (Phi) is 5.85. The lowest BCUT2D eigenvalue weighted by Crippen LogP contribution is -2.44. The van der Waals surface area contributed by atoms with Crippen LogP contribution in [0.4, 0.5) is 0 Å². The Labute approximate surface area is 109 Å².